The highest BCUT2D eigenvalue weighted by atomic mass is 32.1. The molecule has 9 aromatic carbocycles. The molecule has 0 fully saturated rings. The molecule has 5 nitrogen and oxygen atoms in total. The van der Waals surface area contributed by atoms with E-state index in [-0.39, 0.29) is 0 Å². The number of para-hydroxylation sites is 3. The van der Waals surface area contributed by atoms with E-state index in [9.17, 15) is 0 Å². The first kappa shape index (κ1) is 35.6. The zero-order valence-corrected chi connectivity index (χ0v) is 34.7. The monoisotopic (exact) mass is 821 g/mol. The number of nitrogens with zero attached hydrogens (tertiary/aromatic N) is 5. The van der Waals surface area contributed by atoms with Crippen molar-refractivity contribution in [2.24, 2.45) is 0 Å². The molecule has 4 aromatic heterocycles. The quantitative estimate of drug-likeness (QED) is 0.168. The van der Waals surface area contributed by atoms with E-state index in [1.165, 1.54) is 58.3 Å². The minimum absolute atomic E-state index is 0.618. The minimum Gasteiger partial charge on any atom is -0.308 e. The molecule has 13 rings (SSSR count). The van der Waals surface area contributed by atoms with Crippen LogP contribution < -0.4 is 0 Å². The van der Waals surface area contributed by atoms with Crippen LogP contribution in [0.15, 0.2) is 212 Å². The van der Waals surface area contributed by atoms with Gasteiger partial charge in [0.05, 0.1) is 31.5 Å². The van der Waals surface area contributed by atoms with Crippen molar-refractivity contribution < 1.29 is 0 Å². The Morgan fingerprint density at radius 2 is 0.746 bits per heavy atom. The third-order valence-electron chi connectivity index (χ3n) is 12.4. The molecule has 13 aromatic rings. The molecule has 0 aliphatic heterocycles. The van der Waals surface area contributed by atoms with E-state index in [2.05, 4.69) is 197 Å². The standard InChI is InChI=1S/C57H35N5S/c1-4-17-36(18-5-1)41-25-10-11-28-48(41)57-59-55(37-19-6-2-7-20-37)58-56(60-57)38-21-16-24-40(35-38)62-50-30-15-13-27-43(50)45-32-34-47-46-33-31-44-42-26-12-14-29-49(42)61(39-22-8-3-9-23-39)51(44)53(46)63-54(47)52(45)62/h1-35H. The maximum absolute atomic E-state index is 5.26. The van der Waals surface area contributed by atoms with Gasteiger partial charge in [-0.15, -0.1) is 11.3 Å². The number of aromatic nitrogens is 5. The molecule has 0 aliphatic rings. The molecule has 4 heterocycles. The lowest BCUT2D eigenvalue weighted by molar-refractivity contribution is 1.07. The Morgan fingerprint density at radius 1 is 0.302 bits per heavy atom. The third kappa shape index (κ3) is 5.59. The van der Waals surface area contributed by atoms with Gasteiger partial charge in [-0.3, -0.25) is 0 Å². The van der Waals surface area contributed by atoms with Crippen molar-refractivity contribution in [3.8, 4) is 56.7 Å². The number of rotatable bonds is 6. The number of benzene rings is 9. The lowest BCUT2D eigenvalue weighted by Gasteiger charge is -2.13. The van der Waals surface area contributed by atoms with Crippen LogP contribution in [0.25, 0.3) is 120 Å². The first-order chi connectivity index (χ1) is 31.3. The molecule has 6 heteroatoms. The summed E-state index contributed by atoms with van der Waals surface area (Å²) in [7, 11) is 0. The van der Waals surface area contributed by atoms with Crippen LogP contribution in [-0.4, -0.2) is 24.1 Å². The second-order valence-electron chi connectivity index (χ2n) is 16.0. The summed E-state index contributed by atoms with van der Waals surface area (Å²) in [5, 5.41) is 7.47. The van der Waals surface area contributed by atoms with Gasteiger partial charge in [0.2, 0.25) is 0 Å². The lowest BCUT2D eigenvalue weighted by Crippen LogP contribution is -2.02. The Balaban J connectivity index is 1.06. The second-order valence-corrected chi connectivity index (χ2v) is 17.0. The van der Waals surface area contributed by atoms with Gasteiger partial charge in [-0.25, -0.2) is 15.0 Å². The zero-order valence-electron chi connectivity index (χ0n) is 33.9. The van der Waals surface area contributed by atoms with E-state index in [4.69, 9.17) is 15.0 Å². The minimum atomic E-state index is 0.618. The van der Waals surface area contributed by atoms with Crippen LogP contribution >= 0.6 is 11.3 Å². The second kappa shape index (κ2) is 14.2. The predicted octanol–water partition coefficient (Wildman–Crippen LogP) is 15.1. The highest BCUT2D eigenvalue weighted by molar-refractivity contribution is 7.27. The molecule has 0 saturated heterocycles. The van der Waals surface area contributed by atoms with Gasteiger partial charge >= 0.3 is 0 Å². The van der Waals surface area contributed by atoms with Crippen molar-refractivity contribution in [3.05, 3.63) is 212 Å². The molecule has 0 aliphatic carbocycles. The highest BCUT2D eigenvalue weighted by Gasteiger charge is 2.22. The molecule has 0 spiro atoms. The Kier molecular flexibility index (Phi) is 8.01. The largest absolute Gasteiger partial charge is 0.308 e. The third-order valence-corrected chi connectivity index (χ3v) is 13.6. The SMILES string of the molecule is c1ccc(-c2nc(-c3cccc(-n4c5ccccc5c5ccc6c7ccc8c9ccccc9n(-c9ccccc9)c8c7sc6c54)c3)nc(-c3ccccc3-c3ccccc3)n2)cc1. The molecule has 0 radical (unpaired) electrons. The van der Waals surface area contributed by atoms with Crippen LogP contribution in [0.4, 0.5) is 0 Å². The van der Waals surface area contributed by atoms with Crippen molar-refractivity contribution in [1.82, 2.24) is 24.1 Å². The molecule has 0 saturated carbocycles. The molecular weight excluding hydrogens is 787 g/mol. The van der Waals surface area contributed by atoms with Gasteiger partial charge in [0.1, 0.15) is 0 Å². The Morgan fingerprint density at radius 3 is 1.38 bits per heavy atom. The van der Waals surface area contributed by atoms with E-state index in [0.29, 0.717) is 17.5 Å². The van der Waals surface area contributed by atoms with Gasteiger partial charge in [-0.05, 0) is 47.5 Å². The summed E-state index contributed by atoms with van der Waals surface area (Å²) < 4.78 is 7.43. The van der Waals surface area contributed by atoms with Crippen LogP contribution in [-0.2, 0) is 0 Å². The fourth-order valence-corrected chi connectivity index (χ4v) is 11.0. The summed E-state index contributed by atoms with van der Waals surface area (Å²) in [6.45, 7) is 0. The fraction of sp³-hybridized carbons (Fsp3) is 0. The Hall–Kier alpha value is -8.19. The molecule has 294 valence electrons. The van der Waals surface area contributed by atoms with Crippen LogP contribution in [0.3, 0.4) is 0 Å². The number of thiophene rings is 1. The predicted molar refractivity (Wildman–Crippen MR) is 263 cm³/mol. The summed E-state index contributed by atoms with van der Waals surface area (Å²) >= 11 is 1.89. The summed E-state index contributed by atoms with van der Waals surface area (Å²) in [4.78, 5) is 15.6. The molecule has 63 heavy (non-hydrogen) atoms. The van der Waals surface area contributed by atoms with Crippen molar-refractivity contribution in [1.29, 1.82) is 0 Å². The van der Waals surface area contributed by atoms with Crippen molar-refractivity contribution in [3.63, 3.8) is 0 Å². The molecular formula is C57H35N5S. The molecule has 0 amide bonds. The average molecular weight is 822 g/mol. The van der Waals surface area contributed by atoms with Crippen molar-refractivity contribution in [2.45, 2.75) is 0 Å². The van der Waals surface area contributed by atoms with E-state index in [1.807, 2.05) is 35.6 Å². The highest BCUT2D eigenvalue weighted by Crippen LogP contribution is 2.47. The van der Waals surface area contributed by atoms with E-state index in [0.717, 1.165) is 44.7 Å². The zero-order chi connectivity index (χ0) is 41.4. The fourth-order valence-electron chi connectivity index (χ4n) is 9.57. The summed E-state index contributed by atoms with van der Waals surface area (Å²) in [5.74, 6) is 1.88. The van der Waals surface area contributed by atoms with Crippen LogP contribution in [0, 0.1) is 0 Å². The normalized spacial score (nSPS) is 11.8. The van der Waals surface area contributed by atoms with E-state index in [1.54, 1.807) is 0 Å². The Bertz CT molecular complexity index is 3900. The summed E-state index contributed by atoms with van der Waals surface area (Å²) in [6, 6.07) is 75.3. The molecule has 0 bridgehead atoms. The first-order valence-corrected chi connectivity index (χ1v) is 22.0. The van der Waals surface area contributed by atoms with Gasteiger partial charge in [0.25, 0.3) is 0 Å². The molecule has 0 N–H and O–H groups in total. The van der Waals surface area contributed by atoms with E-state index < -0.39 is 0 Å². The number of hydrogen-bond donors (Lipinski definition) is 0. The first-order valence-electron chi connectivity index (χ1n) is 21.2. The van der Waals surface area contributed by atoms with Gasteiger partial charge in [-0.1, -0.05) is 176 Å². The maximum Gasteiger partial charge on any atom is 0.164 e. The molecule has 0 atom stereocenters. The topological polar surface area (TPSA) is 48.5 Å². The average Bonchev–Trinajstić information content (AvgIpc) is 4.03. The van der Waals surface area contributed by atoms with Gasteiger partial charge in [0.15, 0.2) is 17.5 Å². The van der Waals surface area contributed by atoms with Crippen molar-refractivity contribution >= 4 is 75.1 Å². The summed E-state index contributed by atoms with van der Waals surface area (Å²) in [5.41, 5.74) is 12.0. The van der Waals surface area contributed by atoms with Crippen molar-refractivity contribution in [2.75, 3.05) is 0 Å². The van der Waals surface area contributed by atoms with E-state index >= 15 is 0 Å². The number of fused-ring (bicyclic) bond motifs is 11. The lowest BCUT2D eigenvalue weighted by atomic mass is 9.99. The Labute approximate surface area is 366 Å². The molecule has 0 unspecified atom stereocenters. The smallest absolute Gasteiger partial charge is 0.164 e. The van der Waals surface area contributed by atoms with Crippen LogP contribution in [0.2, 0.25) is 0 Å². The van der Waals surface area contributed by atoms with Gasteiger partial charge < -0.3 is 9.13 Å². The van der Waals surface area contributed by atoms with Gasteiger partial charge in [-0.2, -0.15) is 0 Å². The maximum atomic E-state index is 5.26. The number of hydrogen-bond acceptors (Lipinski definition) is 4. The van der Waals surface area contributed by atoms with Gasteiger partial charge in [0, 0.05) is 60.4 Å². The summed E-state index contributed by atoms with van der Waals surface area (Å²) in [6.07, 6.45) is 0. The van der Waals surface area contributed by atoms with Crippen LogP contribution in [0.5, 0.6) is 0 Å². The van der Waals surface area contributed by atoms with Crippen LogP contribution in [0.1, 0.15) is 0 Å².